The number of amides is 1. The zero-order valence-electron chi connectivity index (χ0n) is 6.51. The molecule has 0 unspecified atom stereocenters. The fraction of sp³-hybridized carbons (Fsp3) is 0.875. The molecule has 3 nitrogen and oxygen atoms in total. The maximum Gasteiger partial charge on any atom is 0.223 e. The standard InChI is InChI=1S/C8H13NO2/c10-8(6-2-1-3-6)9-7-4-11-5-7/h6-7H,1-5H2,(H,9,10). The van der Waals surface area contributed by atoms with Crippen LogP contribution in [0.3, 0.4) is 0 Å². The first kappa shape index (κ1) is 7.10. The third-order valence-corrected chi connectivity index (χ3v) is 2.46. The van der Waals surface area contributed by atoms with Crippen molar-refractivity contribution in [3.8, 4) is 0 Å². The molecule has 0 aromatic heterocycles. The van der Waals surface area contributed by atoms with Gasteiger partial charge >= 0.3 is 0 Å². The van der Waals surface area contributed by atoms with Crippen molar-refractivity contribution in [3.05, 3.63) is 0 Å². The lowest BCUT2D eigenvalue weighted by atomic mass is 9.84. The Hall–Kier alpha value is -0.570. The van der Waals surface area contributed by atoms with Crippen LogP contribution in [-0.2, 0) is 9.53 Å². The van der Waals surface area contributed by atoms with E-state index in [1.807, 2.05) is 0 Å². The molecule has 1 saturated heterocycles. The largest absolute Gasteiger partial charge is 0.377 e. The van der Waals surface area contributed by atoms with E-state index in [1.54, 1.807) is 0 Å². The number of hydrogen-bond acceptors (Lipinski definition) is 2. The van der Waals surface area contributed by atoms with Crippen molar-refractivity contribution in [1.82, 2.24) is 5.32 Å². The van der Waals surface area contributed by atoms with E-state index in [0.717, 1.165) is 12.8 Å². The molecule has 0 aromatic carbocycles. The van der Waals surface area contributed by atoms with Gasteiger partial charge in [0.05, 0.1) is 19.3 Å². The van der Waals surface area contributed by atoms with Gasteiger partial charge in [0.25, 0.3) is 0 Å². The van der Waals surface area contributed by atoms with E-state index in [4.69, 9.17) is 4.74 Å². The van der Waals surface area contributed by atoms with Gasteiger partial charge in [-0.25, -0.2) is 0 Å². The molecular weight excluding hydrogens is 142 g/mol. The summed E-state index contributed by atoms with van der Waals surface area (Å²) in [7, 11) is 0. The highest BCUT2D eigenvalue weighted by molar-refractivity contribution is 5.79. The monoisotopic (exact) mass is 155 g/mol. The maximum absolute atomic E-state index is 11.3. The topological polar surface area (TPSA) is 38.3 Å². The highest BCUT2D eigenvalue weighted by Crippen LogP contribution is 2.26. The summed E-state index contributed by atoms with van der Waals surface area (Å²) in [5.74, 6) is 0.556. The molecule has 62 valence electrons. The van der Waals surface area contributed by atoms with E-state index in [9.17, 15) is 4.79 Å². The number of ether oxygens (including phenoxy) is 1. The first-order chi connectivity index (χ1) is 5.36. The minimum absolute atomic E-state index is 0.240. The molecule has 1 amide bonds. The third-order valence-electron chi connectivity index (χ3n) is 2.46. The van der Waals surface area contributed by atoms with E-state index in [-0.39, 0.29) is 5.91 Å². The zero-order chi connectivity index (χ0) is 7.68. The van der Waals surface area contributed by atoms with Crippen molar-refractivity contribution in [3.63, 3.8) is 0 Å². The lowest BCUT2D eigenvalue weighted by molar-refractivity contribution is -0.131. The average Bonchev–Trinajstić information content (AvgIpc) is 1.74. The normalized spacial score (nSPS) is 25.5. The van der Waals surface area contributed by atoms with Crippen molar-refractivity contribution in [2.75, 3.05) is 13.2 Å². The molecule has 1 N–H and O–H groups in total. The summed E-state index contributed by atoms with van der Waals surface area (Å²) in [5.41, 5.74) is 0. The molecule has 2 aliphatic rings. The predicted octanol–water partition coefficient (Wildman–Crippen LogP) is 0.301. The van der Waals surface area contributed by atoms with Gasteiger partial charge in [0, 0.05) is 5.92 Å². The smallest absolute Gasteiger partial charge is 0.223 e. The molecule has 0 atom stereocenters. The summed E-state index contributed by atoms with van der Waals surface area (Å²) in [6.07, 6.45) is 3.39. The van der Waals surface area contributed by atoms with Crippen LogP contribution in [0.5, 0.6) is 0 Å². The van der Waals surface area contributed by atoms with E-state index in [0.29, 0.717) is 25.2 Å². The van der Waals surface area contributed by atoms with Crippen LogP contribution in [-0.4, -0.2) is 25.2 Å². The minimum atomic E-state index is 0.240. The average molecular weight is 155 g/mol. The van der Waals surface area contributed by atoms with Gasteiger partial charge in [-0.1, -0.05) is 6.42 Å². The van der Waals surface area contributed by atoms with Crippen LogP contribution in [0.25, 0.3) is 0 Å². The van der Waals surface area contributed by atoms with Crippen LogP contribution >= 0.6 is 0 Å². The number of nitrogens with one attached hydrogen (secondary N) is 1. The summed E-state index contributed by atoms with van der Waals surface area (Å²) < 4.78 is 4.95. The van der Waals surface area contributed by atoms with Crippen LogP contribution in [0.15, 0.2) is 0 Å². The molecular formula is C8H13NO2. The second-order valence-corrected chi connectivity index (χ2v) is 3.37. The molecule has 2 fully saturated rings. The van der Waals surface area contributed by atoms with Crippen molar-refractivity contribution < 1.29 is 9.53 Å². The Bertz CT molecular complexity index is 161. The Morgan fingerprint density at radius 1 is 1.36 bits per heavy atom. The highest BCUT2D eigenvalue weighted by atomic mass is 16.5. The summed E-state index contributed by atoms with van der Waals surface area (Å²) in [4.78, 5) is 11.3. The number of rotatable bonds is 2. The Kier molecular flexibility index (Phi) is 1.82. The van der Waals surface area contributed by atoms with E-state index in [2.05, 4.69) is 5.32 Å². The van der Waals surface area contributed by atoms with Gasteiger partial charge in [-0.15, -0.1) is 0 Å². The van der Waals surface area contributed by atoms with Crippen molar-refractivity contribution in [2.45, 2.75) is 25.3 Å². The van der Waals surface area contributed by atoms with Crippen LogP contribution in [0.1, 0.15) is 19.3 Å². The van der Waals surface area contributed by atoms with Gasteiger partial charge in [0.1, 0.15) is 0 Å². The van der Waals surface area contributed by atoms with Gasteiger partial charge in [-0.2, -0.15) is 0 Å². The molecule has 1 saturated carbocycles. The Balaban J connectivity index is 1.71. The first-order valence-electron chi connectivity index (χ1n) is 4.24. The lowest BCUT2D eigenvalue weighted by Gasteiger charge is -2.31. The number of carbonyl (C=O) groups excluding carboxylic acids is 1. The Morgan fingerprint density at radius 3 is 2.45 bits per heavy atom. The van der Waals surface area contributed by atoms with Gasteiger partial charge in [0.15, 0.2) is 0 Å². The molecule has 1 aliphatic heterocycles. The summed E-state index contributed by atoms with van der Waals surface area (Å²) in [6, 6.07) is 0.308. The molecule has 0 aromatic rings. The van der Waals surface area contributed by atoms with E-state index < -0.39 is 0 Å². The van der Waals surface area contributed by atoms with Gasteiger partial charge in [0.2, 0.25) is 5.91 Å². The Labute approximate surface area is 66.1 Å². The summed E-state index contributed by atoms with van der Waals surface area (Å²) in [6.45, 7) is 1.41. The van der Waals surface area contributed by atoms with E-state index in [1.165, 1.54) is 6.42 Å². The molecule has 2 rings (SSSR count). The molecule has 0 radical (unpaired) electrons. The molecule has 0 spiro atoms. The maximum atomic E-state index is 11.3. The minimum Gasteiger partial charge on any atom is -0.377 e. The molecule has 0 bridgehead atoms. The predicted molar refractivity (Wildman–Crippen MR) is 40.1 cm³/mol. The van der Waals surface area contributed by atoms with Crippen LogP contribution in [0.4, 0.5) is 0 Å². The summed E-state index contributed by atoms with van der Waals surface area (Å²) >= 11 is 0. The Morgan fingerprint density at radius 2 is 2.09 bits per heavy atom. The van der Waals surface area contributed by atoms with Crippen molar-refractivity contribution in [2.24, 2.45) is 5.92 Å². The quantitative estimate of drug-likeness (QED) is 0.623. The third kappa shape index (κ3) is 1.38. The van der Waals surface area contributed by atoms with Gasteiger partial charge in [-0.05, 0) is 12.8 Å². The summed E-state index contributed by atoms with van der Waals surface area (Å²) in [5, 5.41) is 2.95. The lowest BCUT2D eigenvalue weighted by Crippen LogP contribution is -2.51. The van der Waals surface area contributed by atoms with Crippen molar-refractivity contribution in [1.29, 1.82) is 0 Å². The molecule has 3 heteroatoms. The second-order valence-electron chi connectivity index (χ2n) is 3.37. The zero-order valence-corrected chi connectivity index (χ0v) is 6.51. The number of carbonyl (C=O) groups is 1. The second kappa shape index (κ2) is 2.81. The number of hydrogen-bond donors (Lipinski definition) is 1. The fourth-order valence-corrected chi connectivity index (χ4v) is 1.31. The molecule has 1 aliphatic carbocycles. The van der Waals surface area contributed by atoms with Gasteiger partial charge in [-0.3, -0.25) is 4.79 Å². The molecule has 1 heterocycles. The fourth-order valence-electron chi connectivity index (χ4n) is 1.31. The van der Waals surface area contributed by atoms with Crippen LogP contribution in [0, 0.1) is 5.92 Å². The van der Waals surface area contributed by atoms with Crippen molar-refractivity contribution >= 4 is 5.91 Å². The molecule has 11 heavy (non-hydrogen) atoms. The van der Waals surface area contributed by atoms with Crippen LogP contribution in [0.2, 0.25) is 0 Å². The van der Waals surface area contributed by atoms with Crippen LogP contribution < -0.4 is 5.32 Å². The first-order valence-corrected chi connectivity index (χ1v) is 4.24. The van der Waals surface area contributed by atoms with Gasteiger partial charge < -0.3 is 10.1 Å². The highest BCUT2D eigenvalue weighted by Gasteiger charge is 2.28. The SMILES string of the molecule is O=C(NC1COC1)C1CCC1. The van der Waals surface area contributed by atoms with E-state index >= 15 is 0 Å².